The van der Waals surface area contributed by atoms with E-state index < -0.39 is 0 Å². The summed E-state index contributed by atoms with van der Waals surface area (Å²) in [6.45, 7) is 0. The lowest BCUT2D eigenvalue weighted by Gasteiger charge is -2.09. The van der Waals surface area contributed by atoms with Crippen molar-refractivity contribution in [2.75, 3.05) is 0 Å². The van der Waals surface area contributed by atoms with Crippen molar-refractivity contribution in [1.82, 2.24) is 0 Å². The molecule has 0 amide bonds. The monoisotopic (exact) mass is 318 g/mol. The summed E-state index contributed by atoms with van der Waals surface area (Å²) in [5, 5.41) is 10.1. The number of Topliss-reactive ketones (excluding diaryl/α,β-unsaturated/α-hetero) is 1. The van der Waals surface area contributed by atoms with E-state index in [1.807, 2.05) is 48.5 Å². The van der Waals surface area contributed by atoms with Gasteiger partial charge in [0.2, 0.25) is 0 Å². The molecule has 3 heteroatoms. The summed E-state index contributed by atoms with van der Waals surface area (Å²) in [6, 6.07) is 23.9. The van der Waals surface area contributed by atoms with E-state index >= 15 is 0 Å². The van der Waals surface area contributed by atoms with Gasteiger partial charge in [-0.3, -0.25) is 4.79 Å². The molecule has 1 N–H and O–H groups in total. The normalized spacial score (nSPS) is 10.3. The molecule has 3 aromatic rings. The highest BCUT2D eigenvalue weighted by Crippen LogP contribution is 2.31. The predicted octanol–water partition coefficient (Wildman–Crippen LogP) is 5.00. The van der Waals surface area contributed by atoms with Gasteiger partial charge >= 0.3 is 0 Å². The van der Waals surface area contributed by atoms with Crippen LogP contribution in [0.5, 0.6) is 17.2 Å². The number of ketones is 1. The third-order valence-corrected chi connectivity index (χ3v) is 3.74. The van der Waals surface area contributed by atoms with Crippen molar-refractivity contribution < 1.29 is 14.6 Å². The van der Waals surface area contributed by atoms with E-state index in [0.717, 1.165) is 5.56 Å². The molecule has 0 aromatic heterocycles. The summed E-state index contributed by atoms with van der Waals surface area (Å²) < 4.78 is 5.61. The van der Waals surface area contributed by atoms with Gasteiger partial charge in [0.05, 0.1) is 0 Å². The largest absolute Gasteiger partial charge is 0.504 e. The molecule has 0 saturated carbocycles. The maximum absolute atomic E-state index is 12.3. The zero-order valence-corrected chi connectivity index (χ0v) is 13.2. The molecule has 0 fully saturated rings. The van der Waals surface area contributed by atoms with Gasteiger partial charge in [-0.15, -0.1) is 0 Å². The highest BCUT2D eigenvalue weighted by Gasteiger charge is 2.11. The van der Waals surface area contributed by atoms with Crippen LogP contribution in [-0.4, -0.2) is 10.9 Å². The van der Waals surface area contributed by atoms with Gasteiger partial charge in [0.25, 0.3) is 0 Å². The van der Waals surface area contributed by atoms with Crippen molar-refractivity contribution in [2.24, 2.45) is 0 Å². The lowest BCUT2D eigenvalue weighted by atomic mass is 10.0. The summed E-state index contributed by atoms with van der Waals surface area (Å²) in [6.07, 6.45) is 1.09. The Hall–Kier alpha value is -3.07. The molecule has 3 nitrogen and oxygen atoms in total. The Bertz CT molecular complexity index is 811. The molecule has 120 valence electrons. The van der Waals surface area contributed by atoms with E-state index in [9.17, 15) is 9.90 Å². The number of aryl methyl sites for hydroxylation is 1. The van der Waals surface area contributed by atoms with Crippen molar-refractivity contribution in [3.05, 3.63) is 90.0 Å². The fourth-order valence-corrected chi connectivity index (χ4v) is 2.44. The van der Waals surface area contributed by atoms with Gasteiger partial charge in [-0.05, 0) is 42.3 Å². The number of phenols is 1. The molecular formula is C21H18O3. The number of ether oxygens (including phenoxy) is 1. The molecule has 0 bridgehead atoms. The van der Waals surface area contributed by atoms with Crippen LogP contribution < -0.4 is 4.74 Å². The van der Waals surface area contributed by atoms with Crippen LogP contribution in [0, 0.1) is 0 Å². The SMILES string of the molecule is O=C(CCc1ccccc1)c1ccc(Oc2ccccc2)c(O)c1. The Morgan fingerprint density at radius 1 is 0.875 bits per heavy atom. The second kappa shape index (κ2) is 7.47. The van der Waals surface area contributed by atoms with Gasteiger partial charge in [0.1, 0.15) is 5.75 Å². The highest BCUT2D eigenvalue weighted by atomic mass is 16.5. The zero-order chi connectivity index (χ0) is 16.8. The third kappa shape index (κ3) is 4.02. The van der Waals surface area contributed by atoms with E-state index in [4.69, 9.17) is 4.74 Å². The number of benzene rings is 3. The summed E-state index contributed by atoms with van der Waals surface area (Å²) in [4.78, 5) is 12.3. The standard InChI is InChI=1S/C21H18O3/c22-19(13-11-16-7-3-1-4-8-16)17-12-14-21(20(23)15-17)24-18-9-5-2-6-10-18/h1-10,12,14-15,23H,11,13H2. The molecule has 0 heterocycles. The molecule has 24 heavy (non-hydrogen) atoms. The number of carbonyl (C=O) groups is 1. The number of carbonyl (C=O) groups excluding carboxylic acids is 1. The topological polar surface area (TPSA) is 46.5 Å². The number of para-hydroxylation sites is 1. The van der Waals surface area contributed by atoms with Crippen LogP contribution in [0.3, 0.4) is 0 Å². The Morgan fingerprint density at radius 2 is 1.54 bits per heavy atom. The lowest BCUT2D eigenvalue weighted by molar-refractivity contribution is 0.0982. The van der Waals surface area contributed by atoms with Crippen LogP contribution in [0.15, 0.2) is 78.9 Å². The summed E-state index contributed by atoms with van der Waals surface area (Å²) in [5.41, 5.74) is 1.61. The van der Waals surface area contributed by atoms with Gasteiger partial charge < -0.3 is 9.84 Å². The number of hydrogen-bond donors (Lipinski definition) is 1. The first-order chi connectivity index (χ1) is 11.7. The zero-order valence-electron chi connectivity index (χ0n) is 13.2. The number of aromatic hydroxyl groups is 1. The third-order valence-electron chi connectivity index (χ3n) is 3.74. The fraction of sp³-hybridized carbons (Fsp3) is 0.0952. The summed E-state index contributed by atoms with van der Waals surface area (Å²) in [7, 11) is 0. The molecular weight excluding hydrogens is 300 g/mol. The van der Waals surface area contributed by atoms with Gasteiger partial charge in [-0.25, -0.2) is 0 Å². The maximum Gasteiger partial charge on any atom is 0.169 e. The average Bonchev–Trinajstić information content (AvgIpc) is 2.63. The molecule has 0 unspecified atom stereocenters. The van der Waals surface area contributed by atoms with Gasteiger partial charge in [-0.1, -0.05) is 48.5 Å². The van der Waals surface area contributed by atoms with Gasteiger partial charge in [0.15, 0.2) is 17.3 Å². The van der Waals surface area contributed by atoms with Crippen molar-refractivity contribution in [3.63, 3.8) is 0 Å². The van der Waals surface area contributed by atoms with Crippen molar-refractivity contribution >= 4 is 5.78 Å². The highest BCUT2D eigenvalue weighted by molar-refractivity contribution is 5.96. The first-order valence-corrected chi connectivity index (χ1v) is 7.85. The number of phenolic OH excluding ortho intramolecular Hbond substituents is 1. The molecule has 0 radical (unpaired) electrons. The molecule has 3 rings (SSSR count). The van der Waals surface area contributed by atoms with Gasteiger partial charge in [0, 0.05) is 12.0 Å². The Morgan fingerprint density at radius 3 is 2.21 bits per heavy atom. The van der Waals surface area contributed by atoms with E-state index in [-0.39, 0.29) is 11.5 Å². The predicted molar refractivity (Wildman–Crippen MR) is 93.7 cm³/mol. The first-order valence-electron chi connectivity index (χ1n) is 7.85. The van der Waals surface area contributed by atoms with E-state index in [0.29, 0.717) is 29.9 Å². The van der Waals surface area contributed by atoms with Gasteiger partial charge in [-0.2, -0.15) is 0 Å². The van der Waals surface area contributed by atoms with Crippen LogP contribution in [-0.2, 0) is 6.42 Å². The van der Waals surface area contributed by atoms with E-state index in [1.165, 1.54) is 6.07 Å². The quantitative estimate of drug-likeness (QED) is 0.651. The Labute approximate surface area is 141 Å². The second-order valence-corrected chi connectivity index (χ2v) is 5.51. The molecule has 0 aliphatic rings. The van der Waals surface area contributed by atoms with E-state index in [1.54, 1.807) is 24.3 Å². The average molecular weight is 318 g/mol. The minimum Gasteiger partial charge on any atom is -0.504 e. The van der Waals surface area contributed by atoms with Crippen molar-refractivity contribution in [2.45, 2.75) is 12.8 Å². The molecule has 0 atom stereocenters. The number of hydrogen-bond acceptors (Lipinski definition) is 3. The summed E-state index contributed by atoms with van der Waals surface area (Å²) in [5.74, 6) is 0.932. The summed E-state index contributed by atoms with van der Waals surface area (Å²) >= 11 is 0. The Kier molecular flexibility index (Phi) is 4.92. The number of rotatable bonds is 6. The first kappa shape index (κ1) is 15.8. The fourth-order valence-electron chi connectivity index (χ4n) is 2.44. The van der Waals surface area contributed by atoms with Crippen molar-refractivity contribution in [1.29, 1.82) is 0 Å². The minimum absolute atomic E-state index is 0.000383. The van der Waals surface area contributed by atoms with E-state index in [2.05, 4.69) is 0 Å². The lowest BCUT2D eigenvalue weighted by Crippen LogP contribution is -2.01. The van der Waals surface area contributed by atoms with Crippen LogP contribution in [0.2, 0.25) is 0 Å². The molecule has 3 aromatic carbocycles. The molecule has 0 aliphatic carbocycles. The Balaban J connectivity index is 1.66. The molecule has 0 saturated heterocycles. The maximum atomic E-state index is 12.3. The van der Waals surface area contributed by atoms with Crippen molar-refractivity contribution in [3.8, 4) is 17.2 Å². The van der Waals surface area contributed by atoms with Crippen LogP contribution >= 0.6 is 0 Å². The van der Waals surface area contributed by atoms with Crippen LogP contribution in [0.1, 0.15) is 22.3 Å². The van der Waals surface area contributed by atoms with Crippen LogP contribution in [0.25, 0.3) is 0 Å². The molecule has 0 aliphatic heterocycles. The molecule has 0 spiro atoms. The minimum atomic E-state index is -0.0376. The second-order valence-electron chi connectivity index (χ2n) is 5.51. The smallest absolute Gasteiger partial charge is 0.169 e. The van der Waals surface area contributed by atoms with Crippen LogP contribution in [0.4, 0.5) is 0 Å².